The number of nitrogens with zero attached hydrogens (tertiary/aromatic N) is 2. The Balaban J connectivity index is 1.42. The van der Waals surface area contributed by atoms with Crippen molar-refractivity contribution >= 4 is 18.1 Å². The van der Waals surface area contributed by atoms with Crippen molar-refractivity contribution in [2.24, 2.45) is 5.10 Å². The normalized spacial score (nSPS) is 14.6. The Kier molecular flexibility index (Phi) is 7.32. The second-order valence-corrected chi connectivity index (χ2v) is 6.52. The minimum atomic E-state index is -1.20. The van der Waals surface area contributed by atoms with Crippen molar-refractivity contribution in [1.29, 1.82) is 0 Å². The van der Waals surface area contributed by atoms with Gasteiger partial charge in [-0.25, -0.2) is 5.43 Å². The molecule has 1 heterocycles. The van der Waals surface area contributed by atoms with Gasteiger partial charge >= 0.3 is 0 Å². The molecule has 2 aromatic carbocycles. The summed E-state index contributed by atoms with van der Waals surface area (Å²) in [6, 6.07) is 13.6. The molecule has 0 spiro atoms. The van der Waals surface area contributed by atoms with Crippen LogP contribution >= 0.6 is 0 Å². The molecule has 0 saturated carbocycles. The number of morpholine rings is 1. The number of carboxylic acid groups (broad SMARTS) is 1. The first-order valence-corrected chi connectivity index (χ1v) is 9.25. The standard InChI is InChI=1S/C21H23N3O5/c25-20(14-24-9-11-28-12-10-24)23-22-13-16-3-7-19(8-4-16)29-15-17-1-5-18(6-2-17)21(26)27/h1-8,13H,9-12,14-15H2,(H,23,25)(H,26,27)/p-1/b22-13-. The van der Waals surface area contributed by atoms with Gasteiger partial charge in [-0.15, -0.1) is 0 Å². The van der Waals surface area contributed by atoms with Gasteiger partial charge in [0.2, 0.25) is 0 Å². The SMILES string of the molecule is O=C(CN1CCOCC1)N/N=C\c1ccc(OCc2ccc(C(=O)[O-])cc2)cc1. The highest BCUT2D eigenvalue weighted by molar-refractivity contribution is 5.85. The molecule has 0 bridgehead atoms. The molecule has 8 nitrogen and oxygen atoms in total. The second kappa shape index (κ2) is 10.4. The van der Waals surface area contributed by atoms with E-state index in [9.17, 15) is 14.7 Å². The number of carboxylic acids is 1. The monoisotopic (exact) mass is 396 g/mol. The highest BCUT2D eigenvalue weighted by Gasteiger charge is 2.13. The first-order valence-electron chi connectivity index (χ1n) is 9.25. The van der Waals surface area contributed by atoms with E-state index in [-0.39, 0.29) is 11.5 Å². The molecule has 8 heteroatoms. The number of hydrazone groups is 1. The average molecular weight is 396 g/mol. The molecular weight excluding hydrogens is 374 g/mol. The molecule has 1 aliphatic rings. The van der Waals surface area contributed by atoms with Gasteiger partial charge in [-0.3, -0.25) is 9.69 Å². The number of nitrogens with one attached hydrogen (secondary N) is 1. The van der Waals surface area contributed by atoms with Crippen molar-refractivity contribution in [3.8, 4) is 5.75 Å². The minimum Gasteiger partial charge on any atom is -0.545 e. The van der Waals surface area contributed by atoms with E-state index in [2.05, 4.69) is 10.5 Å². The van der Waals surface area contributed by atoms with Crippen LogP contribution in [0, 0.1) is 0 Å². The van der Waals surface area contributed by atoms with Gasteiger partial charge in [0.15, 0.2) is 0 Å². The Bertz CT molecular complexity index is 844. The quantitative estimate of drug-likeness (QED) is 0.512. The largest absolute Gasteiger partial charge is 0.545 e. The van der Waals surface area contributed by atoms with Gasteiger partial charge in [0.05, 0.1) is 31.9 Å². The molecule has 29 heavy (non-hydrogen) atoms. The van der Waals surface area contributed by atoms with Crippen molar-refractivity contribution in [2.75, 3.05) is 32.8 Å². The maximum atomic E-state index is 11.9. The van der Waals surface area contributed by atoms with Crippen molar-refractivity contribution in [3.05, 3.63) is 65.2 Å². The lowest BCUT2D eigenvalue weighted by Gasteiger charge is -2.25. The lowest BCUT2D eigenvalue weighted by molar-refractivity contribution is -0.255. The smallest absolute Gasteiger partial charge is 0.254 e. The molecule has 2 aromatic rings. The summed E-state index contributed by atoms with van der Waals surface area (Å²) in [6.07, 6.45) is 1.57. The van der Waals surface area contributed by atoms with Crippen LogP contribution in [0.4, 0.5) is 0 Å². The Hall–Kier alpha value is -3.23. The number of amides is 1. The summed E-state index contributed by atoms with van der Waals surface area (Å²) in [5.74, 6) is -0.692. The molecule has 152 valence electrons. The summed E-state index contributed by atoms with van der Waals surface area (Å²) < 4.78 is 10.9. The number of benzene rings is 2. The fraction of sp³-hybridized carbons (Fsp3) is 0.286. The third kappa shape index (κ3) is 6.70. The molecule has 1 saturated heterocycles. The molecule has 0 aliphatic carbocycles. The first-order chi connectivity index (χ1) is 14.1. The van der Waals surface area contributed by atoms with Gasteiger partial charge in [0.1, 0.15) is 12.4 Å². The van der Waals surface area contributed by atoms with E-state index in [1.807, 2.05) is 17.0 Å². The Morgan fingerprint density at radius 2 is 1.79 bits per heavy atom. The summed E-state index contributed by atoms with van der Waals surface area (Å²) in [7, 11) is 0. The van der Waals surface area contributed by atoms with Gasteiger partial charge < -0.3 is 19.4 Å². The number of carbonyl (C=O) groups is 2. The maximum absolute atomic E-state index is 11.9. The molecule has 1 aliphatic heterocycles. The van der Waals surface area contributed by atoms with Gasteiger partial charge in [-0.2, -0.15) is 5.10 Å². The summed E-state index contributed by atoms with van der Waals surface area (Å²) in [5, 5.41) is 14.7. The van der Waals surface area contributed by atoms with Gasteiger partial charge in [-0.1, -0.05) is 24.3 Å². The molecule has 0 atom stereocenters. The Morgan fingerprint density at radius 1 is 1.10 bits per heavy atom. The van der Waals surface area contributed by atoms with Crippen LogP contribution in [0.1, 0.15) is 21.5 Å². The first kappa shape index (κ1) is 20.5. The van der Waals surface area contributed by atoms with Gasteiger partial charge in [0, 0.05) is 13.1 Å². The van der Waals surface area contributed by atoms with Crippen LogP contribution in [0.25, 0.3) is 0 Å². The number of ether oxygens (including phenoxy) is 2. The summed E-state index contributed by atoms with van der Waals surface area (Å²) in [6.45, 7) is 3.42. The van der Waals surface area contributed by atoms with Gasteiger partial charge in [-0.05, 0) is 41.0 Å². The third-order valence-corrected chi connectivity index (χ3v) is 4.35. The van der Waals surface area contributed by atoms with E-state index in [1.54, 1.807) is 30.5 Å². The van der Waals surface area contributed by atoms with Crippen LogP contribution < -0.4 is 15.3 Å². The number of carbonyl (C=O) groups excluding carboxylic acids is 2. The maximum Gasteiger partial charge on any atom is 0.254 e. The highest BCUT2D eigenvalue weighted by Crippen LogP contribution is 2.14. The topological polar surface area (TPSA) is 103 Å². The van der Waals surface area contributed by atoms with Crippen molar-refractivity contribution in [3.63, 3.8) is 0 Å². The Morgan fingerprint density at radius 3 is 2.45 bits per heavy atom. The van der Waals surface area contributed by atoms with E-state index in [1.165, 1.54) is 12.1 Å². The number of aromatic carboxylic acids is 1. The Labute approximate surface area is 168 Å². The lowest BCUT2D eigenvalue weighted by atomic mass is 10.1. The number of hydrogen-bond acceptors (Lipinski definition) is 7. The van der Waals surface area contributed by atoms with Crippen molar-refractivity contribution in [1.82, 2.24) is 10.3 Å². The number of rotatable bonds is 8. The molecular formula is C21H22N3O5-. The van der Waals surface area contributed by atoms with Crippen molar-refractivity contribution < 1.29 is 24.2 Å². The van der Waals surface area contributed by atoms with Crippen LogP contribution in [0.15, 0.2) is 53.6 Å². The lowest BCUT2D eigenvalue weighted by Crippen LogP contribution is -2.42. The number of hydrogen-bond donors (Lipinski definition) is 1. The van der Waals surface area contributed by atoms with Crippen LogP contribution in [0.2, 0.25) is 0 Å². The molecule has 1 N–H and O–H groups in total. The summed E-state index contributed by atoms with van der Waals surface area (Å²) in [4.78, 5) is 24.6. The van der Waals surface area contributed by atoms with Crippen LogP contribution in [-0.2, 0) is 16.1 Å². The molecule has 0 aromatic heterocycles. The van der Waals surface area contributed by atoms with Crippen LogP contribution in [0.5, 0.6) is 5.75 Å². The zero-order chi connectivity index (χ0) is 20.5. The predicted octanol–water partition coefficient (Wildman–Crippen LogP) is 0.411. The van der Waals surface area contributed by atoms with E-state index in [4.69, 9.17) is 9.47 Å². The summed E-state index contributed by atoms with van der Waals surface area (Å²) >= 11 is 0. The fourth-order valence-electron chi connectivity index (χ4n) is 2.73. The van der Waals surface area contributed by atoms with E-state index < -0.39 is 5.97 Å². The van der Waals surface area contributed by atoms with Crippen LogP contribution in [0.3, 0.4) is 0 Å². The zero-order valence-electron chi connectivity index (χ0n) is 15.9. The fourth-order valence-corrected chi connectivity index (χ4v) is 2.73. The molecule has 1 amide bonds. The molecule has 1 fully saturated rings. The van der Waals surface area contributed by atoms with Gasteiger partial charge in [0.25, 0.3) is 5.91 Å². The molecule has 3 rings (SSSR count). The summed E-state index contributed by atoms with van der Waals surface area (Å²) in [5.41, 5.74) is 4.33. The highest BCUT2D eigenvalue weighted by atomic mass is 16.5. The average Bonchev–Trinajstić information content (AvgIpc) is 2.74. The predicted molar refractivity (Wildman–Crippen MR) is 105 cm³/mol. The van der Waals surface area contributed by atoms with Crippen LogP contribution in [-0.4, -0.2) is 55.8 Å². The van der Waals surface area contributed by atoms with E-state index in [0.29, 0.717) is 32.1 Å². The molecule has 0 radical (unpaired) electrons. The third-order valence-electron chi connectivity index (χ3n) is 4.35. The van der Waals surface area contributed by atoms with E-state index in [0.717, 1.165) is 24.2 Å². The second-order valence-electron chi connectivity index (χ2n) is 6.52. The minimum absolute atomic E-state index is 0.134. The molecule has 0 unspecified atom stereocenters. The van der Waals surface area contributed by atoms with E-state index >= 15 is 0 Å². The zero-order valence-corrected chi connectivity index (χ0v) is 15.9. The van der Waals surface area contributed by atoms with Crippen molar-refractivity contribution in [2.45, 2.75) is 6.61 Å².